The fourth-order valence-corrected chi connectivity index (χ4v) is 2.29. The zero-order valence-corrected chi connectivity index (χ0v) is 10.7. The summed E-state index contributed by atoms with van der Waals surface area (Å²) in [5.74, 6) is 0.717. The van der Waals surface area contributed by atoms with Crippen LogP contribution >= 0.6 is 0 Å². The topological polar surface area (TPSA) is 64.3 Å². The van der Waals surface area contributed by atoms with E-state index in [2.05, 4.69) is 4.72 Å². The van der Waals surface area contributed by atoms with Gasteiger partial charge in [0.05, 0.1) is 17.7 Å². The lowest BCUT2D eigenvalue weighted by Crippen LogP contribution is -2.04. The fourth-order valence-electron chi connectivity index (χ4n) is 1.44. The molecule has 0 bridgehead atoms. The molecule has 0 radical (unpaired) electrons. The maximum atomic E-state index is 12.0. The van der Waals surface area contributed by atoms with E-state index in [1.807, 2.05) is 18.2 Å². The summed E-state index contributed by atoms with van der Waals surface area (Å²) < 4.78 is 20.0. The summed E-state index contributed by atoms with van der Waals surface area (Å²) in [4.78, 5) is 0.673. The molecule has 0 aliphatic rings. The Morgan fingerprint density at radius 1 is 1.17 bits per heavy atom. The monoisotopic (exact) mass is 262 g/mol. The standard InChI is InChI=1S/C13H14N2O2S/c1-17-12-4-2-3-11(9-12)15-18(16)13-7-5-10(14)6-8-13/h2-9,15H,14H2,1H3. The Morgan fingerprint density at radius 2 is 1.89 bits per heavy atom. The van der Waals surface area contributed by atoms with Crippen molar-refractivity contribution >= 4 is 22.4 Å². The lowest BCUT2D eigenvalue weighted by Gasteiger charge is -2.07. The summed E-state index contributed by atoms with van der Waals surface area (Å²) in [6, 6.07) is 14.2. The van der Waals surface area contributed by atoms with E-state index < -0.39 is 11.0 Å². The highest BCUT2D eigenvalue weighted by Crippen LogP contribution is 2.19. The number of hydrogen-bond acceptors (Lipinski definition) is 3. The van der Waals surface area contributed by atoms with Crippen molar-refractivity contribution in [3.8, 4) is 5.75 Å². The van der Waals surface area contributed by atoms with E-state index in [-0.39, 0.29) is 0 Å². The predicted octanol–water partition coefficient (Wildman–Crippen LogP) is 2.41. The molecular formula is C13H14N2O2S. The van der Waals surface area contributed by atoms with Crippen molar-refractivity contribution in [2.75, 3.05) is 17.6 Å². The third-order valence-electron chi connectivity index (χ3n) is 2.37. The van der Waals surface area contributed by atoms with Gasteiger partial charge in [-0.15, -0.1) is 0 Å². The minimum Gasteiger partial charge on any atom is -0.497 e. The molecule has 2 aromatic rings. The Morgan fingerprint density at radius 3 is 2.56 bits per heavy atom. The summed E-state index contributed by atoms with van der Waals surface area (Å²) in [7, 11) is 0.279. The number of methoxy groups -OCH3 is 1. The van der Waals surface area contributed by atoms with Crippen molar-refractivity contribution in [1.82, 2.24) is 0 Å². The van der Waals surface area contributed by atoms with Crippen molar-refractivity contribution in [3.05, 3.63) is 48.5 Å². The van der Waals surface area contributed by atoms with Gasteiger partial charge in [-0.25, -0.2) is 4.21 Å². The highest BCUT2D eigenvalue weighted by molar-refractivity contribution is 7.86. The molecule has 4 nitrogen and oxygen atoms in total. The minimum absolute atomic E-state index is 0.650. The molecule has 2 aromatic carbocycles. The molecule has 0 saturated heterocycles. The minimum atomic E-state index is -1.31. The molecule has 0 saturated carbocycles. The van der Waals surface area contributed by atoms with Crippen LogP contribution in [0.5, 0.6) is 5.75 Å². The normalized spacial score (nSPS) is 11.8. The van der Waals surface area contributed by atoms with Gasteiger partial charge in [-0.3, -0.25) is 0 Å². The van der Waals surface area contributed by atoms with Crippen LogP contribution < -0.4 is 15.2 Å². The van der Waals surface area contributed by atoms with Crippen molar-refractivity contribution in [3.63, 3.8) is 0 Å². The number of rotatable bonds is 4. The van der Waals surface area contributed by atoms with E-state index in [0.29, 0.717) is 16.3 Å². The number of ether oxygens (including phenoxy) is 1. The molecule has 0 amide bonds. The molecule has 18 heavy (non-hydrogen) atoms. The number of benzene rings is 2. The van der Waals surface area contributed by atoms with Crippen molar-refractivity contribution in [2.45, 2.75) is 4.90 Å². The van der Waals surface area contributed by atoms with Gasteiger partial charge in [0.1, 0.15) is 16.7 Å². The Labute approximate surface area is 108 Å². The van der Waals surface area contributed by atoms with Crippen LogP contribution in [0, 0.1) is 0 Å². The van der Waals surface area contributed by atoms with Crippen LogP contribution in [0.4, 0.5) is 11.4 Å². The van der Waals surface area contributed by atoms with Crippen LogP contribution in [-0.2, 0) is 11.0 Å². The predicted molar refractivity (Wildman–Crippen MR) is 73.9 cm³/mol. The molecule has 2 rings (SSSR count). The first kappa shape index (κ1) is 12.4. The third-order valence-corrected chi connectivity index (χ3v) is 3.50. The second-order valence-corrected chi connectivity index (χ2v) is 4.88. The molecule has 0 aliphatic heterocycles. The summed E-state index contributed by atoms with van der Waals surface area (Å²) in [5, 5.41) is 0. The molecular weight excluding hydrogens is 248 g/mol. The van der Waals surface area contributed by atoms with Crippen LogP contribution in [0.2, 0.25) is 0 Å². The molecule has 0 aromatic heterocycles. The summed E-state index contributed by atoms with van der Waals surface area (Å²) >= 11 is 0. The van der Waals surface area contributed by atoms with Crippen molar-refractivity contribution in [2.24, 2.45) is 0 Å². The summed E-state index contributed by atoms with van der Waals surface area (Å²) in [6.07, 6.45) is 0. The maximum Gasteiger partial charge on any atom is 0.150 e. The van der Waals surface area contributed by atoms with E-state index in [1.54, 1.807) is 37.4 Å². The maximum absolute atomic E-state index is 12.0. The Bertz CT molecular complexity index is 555. The molecule has 1 atom stereocenters. The van der Waals surface area contributed by atoms with Gasteiger partial charge in [0.2, 0.25) is 0 Å². The number of hydrogen-bond donors (Lipinski definition) is 2. The average Bonchev–Trinajstić information content (AvgIpc) is 2.39. The first-order chi connectivity index (χ1) is 8.69. The number of nitrogens with two attached hydrogens (primary N) is 1. The Balaban J connectivity index is 2.13. The van der Waals surface area contributed by atoms with Crippen LogP contribution in [0.25, 0.3) is 0 Å². The lowest BCUT2D eigenvalue weighted by atomic mass is 10.3. The Hall–Kier alpha value is -2.01. The van der Waals surface area contributed by atoms with E-state index in [4.69, 9.17) is 10.5 Å². The molecule has 0 aliphatic carbocycles. The zero-order chi connectivity index (χ0) is 13.0. The SMILES string of the molecule is COc1cccc(NS(=O)c2ccc(N)cc2)c1. The van der Waals surface area contributed by atoms with Gasteiger partial charge in [-0.05, 0) is 36.4 Å². The van der Waals surface area contributed by atoms with Gasteiger partial charge < -0.3 is 15.2 Å². The van der Waals surface area contributed by atoms with E-state index in [1.165, 1.54) is 0 Å². The Kier molecular flexibility index (Phi) is 3.84. The largest absolute Gasteiger partial charge is 0.497 e. The average molecular weight is 262 g/mol. The van der Waals surface area contributed by atoms with Crippen LogP contribution in [-0.4, -0.2) is 11.3 Å². The second-order valence-electron chi connectivity index (χ2n) is 3.67. The number of anilines is 2. The summed E-state index contributed by atoms with van der Waals surface area (Å²) in [6.45, 7) is 0. The molecule has 0 spiro atoms. The molecule has 1 unspecified atom stereocenters. The quantitative estimate of drug-likeness (QED) is 0.832. The van der Waals surface area contributed by atoms with Crippen LogP contribution in [0.1, 0.15) is 0 Å². The first-order valence-corrected chi connectivity index (χ1v) is 6.52. The van der Waals surface area contributed by atoms with E-state index in [9.17, 15) is 4.21 Å². The zero-order valence-electron chi connectivity index (χ0n) is 9.92. The van der Waals surface area contributed by atoms with Crippen LogP contribution in [0.15, 0.2) is 53.4 Å². The number of nitrogen functional groups attached to an aromatic ring is 1. The van der Waals surface area contributed by atoms with Gasteiger partial charge in [0.25, 0.3) is 0 Å². The van der Waals surface area contributed by atoms with Gasteiger partial charge in [-0.2, -0.15) is 0 Å². The van der Waals surface area contributed by atoms with Gasteiger partial charge in [0.15, 0.2) is 0 Å². The fraction of sp³-hybridized carbons (Fsp3) is 0.0769. The molecule has 3 N–H and O–H groups in total. The molecule has 0 heterocycles. The first-order valence-electron chi connectivity index (χ1n) is 5.37. The van der Waals surface area contributed by atoms with Crippen molar-refractivity contribution in [1.29, 1.82) is 0 Å². The molecule has 94 valence electrons. The van der Waals surface area contributed by atoms with Gasteiger partial charge in [-0.1, -0.05) is 6.07 Å². The highest BCUT2D eigenvalue weighted by Gasteiger charge is 2.04. The third kappa shape index (κ3) is 3.01. The van der Waals surface area contributed by atoms with Crippen LogP contribution in [0.3, 0.4) is 0 Å². The highest BCUT2D eigenvalue weighted by atomic mass is 32.2. The van der Waals surface area contributed by atoms with Gasteiger partial charge >= 0.3 is 0 Å². The molecule has 0 fully saturated rings. The second kappa shape index (κ2) is 5.55. The summed E-state index contributed by atoms with van der Waals surface area (Å²) in [5.41, 5.74) is 6.97. The van der Waals surface area contributed by atoms with E-state index in [0.717, 1.165) is 5.69 Å². The van der Waals surface area contributed by atoms with Gasteiger partial charge in [0, 0.05) is 11.8 Å². The van der Waals surface area contributed by atoms with E-state index >= 15 is 0 Å². The lowest BCUT2D eigenvalue weighted by molar-refractivity contribution is 0.415. The molecule has 5 heteroatoms. The number of nitrogens with one attached hydrogen (secondary N) is 1. The van der Waals surface area contributed by atoms with Crippen molar-refractivity contribution < 1.29 is 8.95 Å². The smallest absolute Gasteiger partial charge is 0.150 e.